The molecule has 0 saturated carbocycles. The fourth-order valence-electron chi connectivity index (χ4n) is 3.12. The number of anilines is 1. The van der Waals surface area contributed by atoms with Crippen molar-refractivity contribution in [3.63, 3.8) is 0 Å². The SMILES string of the molecule is COC(=O)c1sc(N2CCN(C(C(=O)OC)c3cccnc3)CC2)nc1C. The normalized spacial score (nSPS) is 16.0. The number of hydrogen-bond donors (Lipinski definition) is 0. The summed E-state index contributed by atoms with van der Waals surface area (Å²) in [4.78, 5) is 37.5. The van der Waals surface area contributed by atoms with Crippen LogP contribution in [0.4, 0.5) is 5.13 Å². The van der Waals surface area contributed by atoms with Crippen molar-refractivity contribution in [3.05, 3.63) is 40.7 Å². The van der Waals surface area contributed by atoms with Crippen molar-refractivity contribution in [1.29, 1.82) is 0 Å². The minimum atomic E-state index is -0.477. The van der Waals surface area contributed by atoms with Crippen LogP contribution in [0.3, 0.4) is 0 Å². The Morgan fingerprint density at radius 2 is 1.93 bits per heavy atom. The lowest BCUT2D eigenvalue weighted by Crippen LogP contribution is -2.49. The van der Waals surface area contributed by atoms with Crippen molar-refractivity contribution >= 4 is 28.4 Å². The van der Waals surface area contributed by atoms with Gasteiger partial charge in [0.25, 0.3) is 0 Å². The van der Waals surface area contributed by atoms with Gasteiger partial charge in [-0.05, 0) is 18.6 Å². The molecule has 1 fully saturated rings. The molecule has 0 spiro atoms. The van der Waals surface area contributed by atoms with Crippen LogP contribution in [-0.4, -0.2) is 67.2 Å². The Bertz CT molecular complexity index is 803. The molecule has 1 atom stereocenters. The average Bonchev–Trinajstić information content (AvgIpc) is 3.10. The van der Waals surface area contributed by atoms with Crippen LogP contribution in [-0.2, 0) is 14.3 Å². The van der Waals surface area contributed by atoms with Gasteiger partial charge in [0, 0.05) is 38.6 Å². The molecular weight excluding hydrogens is 368 g/mol. The number of ether oxygens (including phenoxy) is 2. The third-order valence-corrected chi connectivity index (χ3v) is 5.73. The number of carbonyl (C=O) groups excluding carboxylic acids is 2. The Balaban J connectivity index is 1.72. The van der Waals surface area contributed by atoms with Crippen LogP contribution in [0, 0.1) is 6.92 Å². The molecule has 1 unspecified atom stereocenters. The van der Waals surface area contributed by atoms with Crippen LogP contribution in [0.15, 0.2) is 24.5 Å². The number of nitrogens with zero attached hydrogens (tertiary/aromatic N) is 4. The summed E-state index contributed by atoms with van der Waals surface area (Å²) >= 11 is 1.34. The van der Waals surface area contributed by atoms with E-state index in [1.54, 1.807) is 19.3 Å². The van der Waals surface area contributed by atoms with Gasteiger partial charge in [0.05, 0.1) is 19.9 Å². The van der Waals surface area contributed by atoms with Gasteiger partial charge in [0.1, 0.15) is 10.9 Å². The average molecular weight is 390 g/mol. The first-order chi connectivity index (χ1) is 13.0. The number of esters is 2. The molecule has 0 amide bonds. The van der Waals surface area contributed by atoms with Crippen molar-refractivity contribution in [1.82, 2.24) is 14.9 Å². The number of hydrogen-bond acceptors (Lipinski definition) is 9. The zero-order valence-corrected chi connectivity index (χ0v) is 16.4. The van der Waals surface area contributed by atoms with E-state index in [4.69, 9.17) is 9.47 Å². The molecule has 3 heterocycles. The Morgan fingerprint density at radius 3 is 2.52 bits per heavy atom. The Hall–Kier alpha value is -2.52. The second-order valence-corrected chi connectivity index (χ2v) is 7.12. The Labute approximate surface area is 161 Å². The molecule has 9 heteroatoms. The molecule has 0 radical (unpaired) electrons. The Morgan fingerprint density at radius 1 is 1.19 bits per heavy atom. The van der Waals surface area contributed by atoms with Gasteiger partial charge in [-0.2, -0.15) is 0 Å². The largest absolute Gasteiger partial charge is 0.468 e. The van der Waals surface area contributed by atoms with Crippen LogP contribution in [0.25, 0.3) is 0 Å². The van der Waals surface area contributed by atoms with Gasteiger partial charge >= 0.3 is 11.9 Å². The maximum absolute atomic E-state index is 12.4. The van der Waals surface area contributed by atoms with Crippen LogP contribution in [0.2, 0.25) is 0 Å². The van der Waals surface area contributed by atoms with Crippen molar-refractivity contribution in [2.45, 2.75) is 13.0 Å². The van der Waals surface area contributed by atoms with Gasteiger partial charge in [0.2, 0.25) is 0 Å². The number of thiazole rings is 1. The summed E-state index contributed by atoms with van der Waals surface area (Å²) in [5.41, 5.74) is 1.49. The minimum absolute atomic E-state index is 0.297. The molecule has 0 aliphatic carbocycles. The molecule has 1 aliphatic rings. The summed E-state index contributed by atoms with van der Waals surface area (Å²) in [6.07, 6.45) is 3.38. The predicted molar refractivity (Wildman–Crippen MR) is 101 cm³/mol. The van der Waals surface area contributed by atoms with E-state index >= 15 is 0 Å². The topological polar surface area (TPSA) is 84.9 Å². The lowest BCUT2D eigenvalue weighted by Gasteiger charge is -2.38. The van der Waals surface area contributed by atoms with E-state index in [-0.39, 0.29) is 11.9 Å². The van der Waals surface area contributed by atoms with Gasteiger partial charge < -0.3 is 14.4 Å². The molecule has 8 nitrogen and oxygen atoms in total. The molecule has 0 aromatic carbocycles. The van der Waals surface area contributed by atoms with Crippen LogP contribution in [0.1, 0.15) is 27.0 Å². The molecular formula is C18H22N4O4S. The van der Waals surface area contributed by atoms with Gasteiger partial charge in [-0.1, -0.05) is 17.4 Å². The second-order valence-electron chi connectivity index (χ2n) is 6.14. The van der Waals surface area contributed by atoms with Crippen molar-refractivity contribution in [2.75, 3.05) is 45.3 Å². The monoisotopic (exact) mass is 390 g/mol. The summed E-state index contributed by atoms with van der Waals surface area (Å²) in [6.45, 7) is 4.53. The molecule has 3 rings (SSSR count). The molecule has 1 saturated heterocycles. The van der Waals surface area contributed by atoms with Crippen molar-refractivity contribution in [3.8, 4) is 0 Å². The van der Waals surface area contributed by atoms with Crippen molar-refractivity contribution < 1.29 is 19.1 Å². The minimum Gasteiger partial charge on any atom is -0.468 e. The van der Waals surface area contributed by atoms with E-state index in [2.05, 4.69) is 19.8 Å². The van der Waals surface area contributed by atoms with Gasteiger partial charge in [0.15, 0.2) is 5.13 Å². The first-order valence-corrected chi connectivity index (χ1v) is 9.39. The number of pyridine rings is 1. The molecule has 2 aromatic rings. The number of piperazine rings is 1. The zero-order valence-electron chi connectivity index (χ0n) is 15.5. The summed E-state index contributed by atoms with van der Waals surface area (Å²) in [6, 6.07) is 3.22. The van der Waals surface area contributed by atoms with Gasteiger partial charge in [-0.3, -0.25) is 9.88 Å². The third kappa shape index (κ3) is 4.09. The lowest BCUT2D eigenvalue weighted by molar-refractivity contribution is -0.147. The number of aromatic nitrogens is 2. The van der Waals surface area contributed by atoms with Crippen LogP contribution < -0.4 is 4.90 Å². The molecule has 1 aliphatic heterocycles. The predicted octanol–water partition coefficient (Wildman–Crippen LogP) is 1.67. The number of carbonyl (C=O) groups is 2. The highest BCUT2D eigenvalue weighted by atomic mass is 32.1. The molecule has 0 bridgehead atoms. The fourth-order valence-corrected chi connectivity index (χ4v) is 4.15. The molecule has 27 heavy (non-hydrogen) atoms. The molecule has 2 aromatic heterocycles. The van der Waals surface area contributed by atoms with Gasteiger partial charge in [-0.25, -0.2) is 14.6 Å². The highest BCUT2D eigenvalue weighted by Gasteiger charge is 2.32. The second kappa shape index (κ2) is 8.45. The summed E-state index contributed by atoms with van der Waals surface area (Å²) in [5.74, 6) is -0.660. The molecule has 0 N–H and O–H groups in total. The van der Waals surface area contributed by atoms with E-state index in [0.717, 1.165) is 10.7 Å². The van der Waals surface area contributed by atoms with E-state index in [0.29, 0.717) is 36.8 Å². The lowest BCUT2D eigenvalue weighted by atomic mass is 10.1. The Kier molecular flexibility index (Phi) is 6.02. The number of methoxy groups -OCH3 is 2. The first kappa shape index (κ1) is 19.2. The zero-order chi connectivity index (χ0) is 19.4. The van der Waals surface area contributed by atoms with E-state index in [9.17, 15) is 9.59 Å². The van der Waals surface area contributed by atoms with E-state index < -0.39 is 6.04 Å². The maximum Gasteiger partial charge on any atom is 0.350 e. The molecule has 144 valence electrons. The van der Waals surface area contributed by atoms with Gasteiger partial charge in [-0.15, -0.1) is 0 Å². The number of aryl methyl sites for hydroxylation is 1. The van der Waals surface area contributed by atoms with Crippen LogP contribution in [0.5, 0.6) is 0 Å². The fraction of sp³-hybridized carbons (Fsp3) is 0.444. The standard InChI is InChI=1S/C18H22N4O4S/c1-12-15(17(24)26-3)27-18(20-12)22-9-7-21(8-10-22)14(16(23)25-2)13-5-4-6-19-11-13/h4-6,11,14H,7-10H2,1-3H3. The number of rotatable bonds is 5. The summed E-state index contributed by atoms with van der Waals surface area (Å²) in [7, 11) is 2.76. The first-order valence-electron chi connectivity index (χ1n) is 8.57. The highest BCUT2D eigenvalue weighted by molar-refractivity contribution is 7.17. The third-order valence-electron chi connectivity index (χ3n) is 4.53. The highest BCUT2D eigenvalue weighted by Crippen LogP contribution is 2.29. The summed E-state index contributed by atoms with van der Waals surface area (Å²) in [5, 5.41) is 0.795. The maximum atomic E-state index is 12.4. The van der Waals surface area contributed by atoms with E-state index in [1.165, 1.54) is 25.6 Å². The smallest absolute Gasteiger partial charge is 0.350 e. The van der Waals surface area contributed by atoms with Crippen LogP contribution >= 0.6 is 11.3 Å². The van der Waals surface area contributed by atoms with Crippen molar-refractivity contribution in [2.24, 2.45) is 0 Å². The summed E-state index contributed by atoms with van der Waals surface area (Å²) < 4.78 is 9.81. The quantitative estimate of drug-likeness (QED) is 0.713. The van der Waals surface area contributed by atoms with E-state index in [1.807, 2.05) is 12.1 Å².